The number of ketones is 1. The molecule has 7 heavy (non-hydrogen) atoms. The van der Waals surface area contributed by atoms with Crippen LogP contribution in [0.15, 0.2) is 12.2 Å². The monoisotopic (exact) mass is 96.1 g/mol. The van der Waals surface area contributed by atoms with E-state index in [9.17, 15) is 4.79 Å². The van der Waals surface area contributed by atoms with E-state index in [0.717, 1.165) is 12.8 Å². The normalized spacial score (nSPS) is 20.3. The van der Waals surface area contributed by atoms with E-state index in [1.165, 1.54) is 0 Å². The van der Waals surface area contributed by atoms with E-state index < -0.39 is 0 Å². The molecule has 38 valence electrons. The zero-order chi connectivity index (χ0) is 5.11. The third-order valence-electron chi connectivity index (χ3n) is 1.10. The van der Waals surface area contributed by atoms with E-state index >= 15 is 0 Å². The average molecular weight is 96.1 g/mol. The molecule has 0 atom stereocenters. The van der Waals surface area contributed by atoms with Crippen LogP contribution in [0.4, 0.5) is 0 Å². The maximum absolute atomic E-state index is 10.4. The van der Waals surface area contributed by atoms with Crippen LogP contribution in [-0.4, -0.2) is 5.78 Å². The summed E-state index contributed by atoms with van der Waals surface area (Å²) in [7, 11) is 0. The van der Waals surface area contributed by atoms with Crippen LogP contribution in [0.25, 0.3) is 0 Å². The quantitative estimate of drug-likeness (QED) is 0.415. The summed E-state index contributed by atoms with van der Waals surface area (Å²) in [5.41, 5.74) is 0. The van der Waals surface area contributed by atoms with Gasteiger partial charge in [-0.15, -0.1) is 0 Å². The second-order valence-corrected chi connectivity index (χ2v) is 1.75. The molecular formula is C6H8O. The first-order valence-electron chi connectivity index (χ1n) is 2.56. The Bertz CT molecular complexity index is 103. The molecule has 0 amide bonds. The predicted octanol–water partition coefficient (Wildman–Crippen LogP) is 1.30. The Morgan fingerprint density at radius 3 is 2.57 bits per heavy atom. The lowest BCUT2D eigenvalue weighted by Crippen LogP contribution is -1.97. The summed E-state index contributed by atoms with van der Waals surface area (Å²) in [5.74, 6) is 0.377. The van der Waals surface area contributed by atoms with Crippen LogP contribution >= 0.6 is 0 Å². The Hall–Kier alpha value is -0.590. The molecule has 0 aromatic carbocycles. The minimum Gasteiger partial charge on any atom is -0.299 e. The van der Waals surface area contributed by atoms with Crippen LogP contribution in [0.5, 0.6) is 0 Å². The molecule has 0 saturated carbocycles. The van der Waals surface area contributed by atoms with Crippen molar-refractivity contribution in [3.05, 3.63) is 12.2 Å². The lowest BCUT2D eigenvalue weighted by Gasteiger charge is -1.97. The van der Waals surface area contributed by atoms with E-state index in [4.69, 9.17) is 0 Å². The van der Waals surface area contributed by atoms with Crippen molar-refractivity contribution >= 4 is 5.78 Å². The van der Waals surface area contributed by atoms with Crippen LogP contribution in [0, 0.1) is 0 Å². The first-order chi connectivity index (χ1) is 3.39. The summed E-state index contributed by atoms with van der Waals surface area (Å²) >= 11 is 0. The smallest absolute Gasteiger partial charge is 0.136 e. The van der Waals surface area contributed by atoms with Crippen LogP contribution in [0.3, 0.4) is 0 Å². The van der Waals surface area contributed by atoms with E-state index in [1.807, 2.05) is 6.08 Å². The van der Waals surface area contributed by atoms with Gasteiger partial charge in [0.2, 0.25) is 0 Å². The Labute approximate surface area is 43.0 Å². The molecule has 0 radical (unpaired) electrons. The highest BCUT2D eigenvalue weighted by molar-refractivity contribution is 5.80. The third kappa shape index (κ3) is 1.15. The molecule has 0 aromatic heterocycles. The number of hydrogen-bond acceptors (Lipinski definition) is 1. The summed E-state index contributed by atoms with van der Waals surface area (Å²) < 4.78 is 0. The van der Waals surface area contributed by atoms with Gasteiger partial charge in [0.15, 0.2) is 0 Å². The van der Waals surface area contributed by atoms with Crippen molar-refractivity contribution in [3.8, 4) is 0 Å². The summed E-state index contributed by atoms with van der Waals surface area (Å²) in [4.78, 5) is 10.4. The van der Waals surface area contributed by atoms with Crippen molar-refractivity contribution in [1.29, 1.82) is 0 Å². The van der Waals surface area contributed by atoms with Gasteiger partial charge in [0.25, 0.3) is 0 Å². The average Bonchev–Trinajstić information content (AvgIpc) is 1.69. The summed E-state index contributed by atoms with van der Waals surface area (Å²) in [6, 6.07) is 0. The predicted molar refractivity (Wildman–Crippen MR) is 28.0 cm³/mol. The van der Waals surface area contributed by atoms with Crippen molar-refractivity contribution in [2.75, 3.05) is 0 Å². The van der Waals surface area contributed by atoms with Crippen molar-refractivity contribution in [3.63, 3.8) is 0 Å². The molecule has 0 saturated heterocycles. The molecule has 0 aromatic rings. The van der Waals surface area contributed by atoms with Crippen LogP contribution in [-0.2, 0) is 4.79 Å². The van der Waals surface area contributed by atoms with Gasteiger partial charge in [0, 0.05) is 12.8 Å². The topological polar surface area (TPSA) is 17.1 Å². The third-order valence-corrected chi connectivity index (χ3v) is 1.10. The number of rotatable bonds is 0. The molecule has 0 unspecified atom stereocenters. The molecule has 0 spiro atoms. The van der Waals surface area contributed by atoms with E-state index in [1.54, 1.807) is 0 Å². The standard InChI is InChI=1S/C6H8O/c7-6-4-2-1-3-5-6/h1-2H,3-5H2. The maximum atomic E-state index is 10.4. The number of carbonyl (C=O) groups is 1. The highest BCUT2D eigenvalue weighted by Gasteiger charge is 1.99. The van der Waals surface area contributed by atoms with Crippen molar-refractivity contribution < 1.29 is 4.79 Å². The fraction of sp³-hybridized carbons (Fsp3) is 0.500. The molecule has 0 fully saturated rings. The number of Topliss-reactive ketones (excluding diaryl/α,β-unsaturated/α-hetero) is 1. The second kappa shape index (κ2) is 1.92. The van der Waals surface area contributed by atoms with E-state index in [-0.39, 0.29) is 0 Å². The Kier molecular flexibility index (Phi) is 1.25. The van der Waals surface area contributed by atoms with Gasteiger partial charge in [-0.2, -0.15) is 0 Å². The number of allylic oxidation sites excluding steroid dienone is 2. The Balaban J connectivity index is 2.47. The van der Waals surface area contributed by atoms with Crippen LogP contribution in [0.2, 0.25) is 0 Å². The largest absolute Gasteiger partial charge is 0.299 e. The van der Waals surface area contributed by atoms with Gasteiger partial charge < -0.3 is 0 Å². The van der Waals surface area contributed by atoms with E-state index in [0.29, 0.717) is 12.2 Å². The first-order valence-corrected chi connectivity index (χ1v) is 2.56. The molecule has 1 aliphatic carbocycles. The molecule has 1 rings (SSSR count). The lowest BCUT2D eigenvalue weighted by molar-refractivity contribution is -0.118. The number of carbonyl (C=O) groups excluding carboxylic acids is 1. The summed E-state index contributed by atoms with van der Waals surface area (Å²) in [6.07, 6.45) is 6.38. The zero-order valence-electron chi connectivity index (χ0n) is 4.18. The van der Waals surface area contributed by atoms with Gasteiger partial charge in [-0.25, -0.2) is 0 Å². The minimum absolute atomic E-state index is 0.377. The Morgan fingerprint density at radius 2 is 2.29 bits per heavy atom. The summed E-state index contributed by atoms with van der Waals surface area (Å²) in [6.45, 7) is 0. The van der Waals surface area contributed by atoms with Gasteiger partial charge in [-0.05, 0) is 6.42 Å². The van der Waals surface area contributed by atoms with Crippen LogP contribution < -0.4 is 0 Å². The molecule has 0 aliphatic heterocycles. The highest BCUT2D eigenvalue weighted by atomic mass is 16.1. The minimum atomic E-state index is 0.377. The van der Waals surface area contributed by atoms with Crippen molar-refractivity contribution in [2.24, 2.45) is 0 Å². The fourth-order valence-corrected chi connectivity index (χ4v) is 0.679. The molecule has 1 aliphatic rings. The highest BCUT2D eigenvalue weighted by Crippen LogP contribution is 2.03. The molecular weight excluding hydrogens is 88.1 g/mol. The molecule has 0 N–H and O–H groups in total. The maximum Gasteiger partial charge on any atom is 0.136 e. The second-order valence-electron chi connectivity index (χ2n) is 1.75. The SMILES string of the molecule is O=C1CC=CCC1. The fourth-order valence-electron chi connectivity index (χ4n) is 0.679. The van der Waals surface area contributed by atoms with Gasteiger partial charge in [-0.1, -0.05) is 12.2 Å². The molecule has 1 nitrogen and oxygen atoms in total. The molecule has 1 heteroatoms. The van der Waals surface area contributed by atoms with Gasteiger partial charge in [0.1, 0.15) is 5.78 Å². The summed E-state index contributed by atoms with van der Waals surface area (Å²) in [5, 5.41) is 0. The molecule has 0 heterocycles. The van der Waals surface area contributed by atoms with Gasteiger partial charge in [-0.3, -0.25) is 4.79 Å². The van der Waals surface area contributed by atoms with Gasteiger partial charge >= 0.3 is 0 Å². The Morgan fingerprint density at radius 1 is 1.43 bits per heavy atom. The van der Waals surface area contributed by atoms with Crippen molar-refractivity contribution in [1.82, 2.24) is 0 Å². The van der Waals surface area contributed by atoms with Crippen molar-refractivity contribution in [2.45, 2.75) is 19.3 Å². The first kappa shape index (κ1) is 4.57. The molecule has 0 bridgehead atoms. The zero-order valence-corrected chi connectivity index (χ0v) is 4.18. The van der Waals surface area contributed by atoms with E-state index in [2.05, 4.69) is 6.08 Å². The number of hydrogen-bond donors (Lipinski definition) is 0. The van der Waals surface area contributed by atoms with Gasteiger partial charge in [0.05, 0.1) is 0 Å². The van der Waals surface area contributed by atoms with Crippen LogP contribution in [0.1, 0.15) is 19.3 Å². The lowest BCUT2D eigenvalue weighted by atomic mass is 10.1.